The molecule has 3 nitrogen and oxygen atoms in total. The van der Waals surface area contributed by atoms with Crippen LogP contribution in [0.1, 0.15) is 73.1 Å². The molecule has 0 heterocycles. The van der Waals surface area contributed by atoms with Crippen molar-refractivity contribution in [3.05, 3.63) is 23.8 Å². The van der Waals surface area contributed by atoms with Crippen LogP contribution in [0.2, 0.25) is 0 Å². The lowest BCUT2D eigenvalue weighted by molar-refractivity contribution is -0.153. The Morgan fingerprint density at radius 1 is 1.32 bits per heavy atom. The topological polar surface area (TPSA) is 46.5 Å². The van der Waals surface area contributed by atoms with Gasteiger partial charge in [-0.3, -0.25) is 4.79 Å². The van der Waals surface area contributed by atoms with E-state index in [4.69, 9.17) is 9.84 Å². The molecule has 2 aliphatic carbocycles. The normalized spacial score (nSPS) is 35.2. The Hall–Kier alpha value is -1.09. The van der Waals surface area contributed by atoms with Crippen LogP contribution in [0.15, 0.2) is 23.8 Å². The predicted octanol–water partition coefficient (Wildman–Crippen LogP) is 5.05. The van der Waals surface area contributed by atoms with Crippen molar-refractivity contribution in [2.45, 2.75) is 79.2 Å². The molecule has 3 heteroatoms. The van der Waals surface area contributed by atoms with Crippen LogP contribution >= 0.6 is 0 Å². The maximum absolute atomic E-state index is 11.6. The highest BCUT2D eigenvalue weighted by Gasteiger charge is 2.55. The Labute approximate surface area is 153 Å². The van der Waals surface area contributed by atoms with Crippen LogP contribution in [0, 0.1) is 22.7 Å². The number of fused-ring (bicyclic) bond motifs is 1. The van der Waals surface area contributed by atoms with Crippen molar-refractivity contribution in [1.82, 2.24) is 0 Å². The predicted molar refractivity (Wildman–Crippen MR) is 102 cm³/mol. The highest BCUT2D eigenvalue weighted by atomic mass is 16.5. The fraction of sp³-hybridized carbons (Fsp3) is 0.773. The van der Waals surface area contributed by atoms with Crippen LogP contribution in [0.5, 0.6) is 0 Å². The highest BCUT2D eigenvalue weighted by Crippen LogP contribution is 2.62. The molecule has 0 amide bonds. The summed E-state index contributed by atoms with van der Waals surface area (Å²) >= 11 is 0. The molecule has 2 saturated carbocycles. The van der Waals surface area contributed by atoms with Gasteiger partial charge in [0.1, 0.15) is 6.10 Å². The Bertz CT molecular complexity index is 545. The smallest absolute Gasteiger partial charge is 0.303 e. The van der Waals surface area contributed by atoms with E-state index < -0.39 is 0 Å². The fourth-order valence-corrected chi connectivity index (χ4v) is 5.65. The van der Waals surface area contributed by atoms with Crippen LogP contribution in [-0.4, -0.2) is 23.8 Å². The van der Waals surface area contributed by atoms with Gasteiger partial charge in [0.15, 0.2) is 0 Å². The fourth-order valence-electron chi connectivity index (χ4n) is 5.65. The number of esters is 1. The molecule has 2 aliphatic rings. The second-order valence-corrected chi connectivity index (χ2v) is 9.13. The summed E-state index contributed by atoms with van der Waals surface area (Å²) < 4.78 is 5.68. The summed E-state index contributed by atoms with van der Waals surface area (Å²) in [6.07, 6.45) is 8.34. The highest BCUT2D eigenvalue weighted by molar-refractivity contribution is 5.66. The summed E-state index contributed by atoms with van der Waals surface area (Å²) in [5, 5.41) is 9.12. The van der Waals surface area contributed by atoms with Gasteiger partial charge in [-0.1, -0.05) is 45.4 Å². The second-order valence-electron chi connectivity index (χ2n) is 9.13. The van der Waals surface area contributed by atoms with E-state index in [1.165, 1.54) is 31.8 Å². The van der Waals surface area contributed by atoms with Crippen molar-refractivity contribution in [3.8, 4) is 0 Å². The number of aliphatic hydroxyl groups excluding tert-OH is 1. The zero-order valence-electron chi connectivity index (χ0n) is 16.7. The molecule has 4 atom stereocenters. The third kappa shape index (κ3) is 4.19. The van der Waals surface area contributed by atoms with Gasteiger partial charge in [0.25, 0.3) is 0 Å². The standard InChI is InChI=1S/C22H36O3/c1-15(10-13-23)8-9-18-16(2)19(25-17(3)24)14-20-21(4,5)11-7-12-22(18,20)6/h10,18-20,23H,2,7-9,11-14H2,1,3-6H3/b15-10+/t18-,19+,20-,22+/m1/s1. The molecule has 2 fully saturated rings. The van der Waals surface area contributed by atoms with Crippen molar-refractivity contribution in [3.63, 3.8) is 0 Å². The maximum Gasteiger partial charge on any atom is 0.303 e. The first-order chi connectivity index (χ1) is 11.6. The molecule has 0 saturated heterocycles. The molecule has 0 aromatic carbocycles. The van der Waals surface area contributed by atoms with Crippen LogP contribution < -0.4 is 0 Å². The van der Waals surface area contributed by atoms with Crippen LogP contribution in [0.3, 0.4) is 0 Å². The molecular formula is C22H36O3. The molecule has 142 valence electrons. The number of ether oxygens (including phenoxy) is 1. The monoisotopic (exact) mass is 348 g/mol. The molecule has 0 unspecified atom stereocenters. The lowest BCUT2D eigenvalue weighted by atomic mass is 9.46. The summed E-state index contributed by atoms with van der Waals surface area (Å²) in [4.78, 5) is 11.6. The Morgan fingerprint density at radius 2 is 2.00 bits per heavy atom. The summed E-state index contributed by atoms with van der Waals surface area (Å²) in [5.41, 5.74) is 2.80. The Balaban J connectivity index is 2.31. The number of hydrogen-bond donors (Lipinski definition) is 1. The molecule has 2 rings (SSSR count). The van der Waals surface area contributed by atoms with Crippen molar-refractivity contribution in [1.29, 1.82) is 0 Å². The average Bonchev–Trinajstić information content (AvgIpc) is 2.48. The molecule has 0 aliphatic heterocycles. The Morgan fingerprint density at radius 3 is 2.60 bits per heavy atom. The van der Waals surface area contributed by atoms with Gasteiger partial charge < -0.3 is 9.84 Å². The van der Waals surface area contributed by atoms with Crippen molar-refractivity contribution < 1.29 is 14.6 Å². The molecule has 0 aromatic rings. The van der Waals surface area contributed by atoms with E-state index in [2.05, 4.69) is 34.3 Å². The lowest BCUT2D eigenvalue weighted by Gasteiger charge is -2.59. The van der Waals surface area contributed by atoms with E-state index in [1.54, 1.807) is 0 Å². The summed E-state index contributed by atoms with van der Waals surface area (Å²) in [7, 11) is 0. The third-order valence-corrected chi connectivity index (χ3v) is 6.96. The molecule has 0 aromatic heterocycles. The quantitative estimate of drug-likeness (QED) is 0.559. The number of carbonyl (C=O) groups excluding carboxylic acids is 1. The zero-order chi connectivity index (χ0) is 18.8. The van der Waals surface area contributed by atoms with E-state index in [1.807, 2.05) is 6.08 Å². The zero-order valence-corrected chi connectivity index (χ0v) is 16.7. The number of rotatable bonds is 5. The number of hydrogen-bond acceptors (Lipinski definition) is 3. The SMILES string of the molecule is C=C1[C@@H](OC(C)=O)C[C@@H]2C(C)(C)CCC[C@@]2(C)[C@@H]1CC/C(C)=C/CO. The molecule has 0 bridgehead atoms. The Kier molecular flexibility index (Phi) is 6.19. The number of carbonyl (C=O) groups is 1. The van der Waals surface area contributed by atoms with Crippen molar-refractivity contribution in [2.24, 2.45) is 22.7 Å². The van der Waals surface area contributed by atoms with Gasteiger partial charge in [0.05, 0.1) is 6.61 Å². The van der Waals surface area contributed by atoms with Gasteiger partial charge >= 0.3 is 5.97 Å². The van der Waals surface area contributed by atoms with Gasteiger partial charge in [-0.2, -0.15) is 0 Å². The number of aliphatic hydroxyl groups is 1. The van der Waals surface area contributed by atoms with Gasteiger partial charge in [-0.05, 0) is 67.3 Å². The second kappa shape index (κ2) is 7.65. The van der Waals surface area contributed by atoms with Gasteiger partial charge in [-0.25, -0.2) is 0 Å². The number of allylic oxidation sites excluding steroid dienone is 1. The van der Waals surface area contributed by atoms with E-state index in [9.17, 15) is 4.79 Å². The van der Waals surface area contributed by atoms with Crippen molar-refractivity contribution in [2.75, 3.05) is 6.61 Å². The minimum atomic E-state index is -0.210. The summed E-state index contributed by atoms with van der Waals surface area (Å²) in [6, 6.07) is 0. The van der Waals surface area contributed by atoms with Gasteiger partial charge in [0.2, 0.25) is 0 Å². The van der Waals surface area contributed by atoms with Crippen LogP contribution in [0.4, 0.5) is 0 Å². The van der Waals surface area contributed by atoms with Crippen LogP contribution in [-0.2, 0) is 9.53 Å². The van der Waals surface area contributed by atoms with Gasteiger partial charge in [-0.15, -0.1) is 0 Å². The minimum Gasteiger partial charge on any atom is -0.458 e. The first kappa shape index (κ1) is 20.2. The molecule has 1 N–H and O–H groups in total. The summed E-state index contributed by atoms with van der Waals surface area (Å²) in [6.45, 7) is 15.3. The van der Waals surface area contributed by atoms with Crippen molar-refractivity contribution >= 4 is 5.97 Å². The lowest BCUT2D eigenvalue weighted by Crippen LogP contribution is -2.53. The third-order valence-electron chi connectivity index (χ3n) is 6.96. The largest absolute Gasteiger partial charge is 0.458 e. The first-order valence-electron chi connectivity index (χ1n) is 9.74. The van der Waals surface area contributed by atoms with E-state index in [0.717, 1.165) is 24.8 Å². The van der Waals surface area contributed by atoms with Gasteiger partial charge in [0, 0.05) is 6.92 Å². The minimum absolute atomic E-state index is 0.0977. The molecule has 0 spiro atoms. The average molecular weight is 349 g/mol. The molecular weight excluding hydrogens is 312 g/mol. The molecule has 0 radical (unpaired) electrons. The molecule has 25 heavy (non-hydrogen) atoms. The van der Waals surface area contributed by atoms with E-state index in [-0.39, 0.29) is 29.5 Å². The van der Waals surface area contributed by atoms with Crippen LogP contribution in [0.25, 0.3) is 0 Å². The van der Waals surface area contributed by atoms with E-state index in [0.29, 0.717) is 11.8 Å². The first-order valence-corrected chi connectivity index (χ1v) is 9.74. The van der Waals surface area contributed by atoms with E-state index >= 15 is 0 Å². The summed E-state index contributed by atoms with van der Waals surface area (Å²) in [5.74, 6) is 0.687. The maximum atomic E-state index is 11.6.